The zero-order chi connectivity index (χ0) is 17.5. The quantitative estimate of drug-likeness (QED) is 0.643. The predicted octanol–water partition coefficient (Wildman–Crippen LogP) is 2.79. The minimum absolute atomic E-state index is 0.283. The Kier molecular flexibility index (Phi) is 7.03. The van der Waals surface area contributed by atoms with Gasteiger partial charge in [0.15, 0.2) is 0 Å². The molecule has 0 aliphatic rings. The van der Waals surface area contributed by atoms with Gasteiger partial charge in [-0.1, -0.05) is 31.2 Å². The zero-order valence-corrected chi connectivity index (χ0v) is 14.3. The molecule has 1 aromatic rings. The highest BCUT2D eigenvalue weighted by atomic mass is 17.2. The summed E-state index contributed by atoms with van der Waals surface area (Å²) in [5.41, 5.74) is 1.45. The average Bonchev–Trinajstić information content (AvgIpc) is 2.45. The maximum absolute atomic E-state index is 12.0. The first-order chi connectivity index (χ1) is 10.7. The van der Waals surface area contributed by atoms with Gasteiger partial charge in [0, 0.05) is 6.42 Å². The van der Waals surface area contributed by atoms with E-state index in [9.17, 15) is 9.59 Å². The summed E-state index contributed by atoms with van der Waals surface area (Å²) in [5, 5.41) is 2.52. The predicted molar refractivity (Wildman–Crippen MR) is 85.8 cm³/mol. The van der Waals surface area contributed by atoms with Gasteiger partial charge in [0.2, 0.25) is 0 Å². The molecule has 1 rings (SSSR count). The van der Waals surface area contributed by atoms with Crippen LogP contribution in [0.2, 0.25) is 0 Å². The summed E-state index contributed by atoms with van der Waals surface area (Å²) in [6.07, 6.45) is 0.539. The van der Waals surface area contributed by atoms with E-state index in [1.54, 1.807) is 20.8 Å². The molecule has 6 heteroatoms. The van der Waals surface area contributed by atoms with Crippen LogP contribution in [0.4, 0.5) is 4.79 Å². The topological polar surface area (TPSA) is 73.9 Å². The fourth-order valence-electron chi connectivity index (χ4n) is 1.93. The normalized spacial score (nSPS) is 12.4. The van der Waals surface area contributed by atoms with Gasteiger partial charge >= 0.3 is 12.1 Å². The summed E-state index contributed by atoms with van der Waals surface area (Å²) in [6, 6.07) is 6.92. The Balaban J connectivity index is 2.79. The van der Waals surface area contributed by atoms with Crippen LogP contribution in [0.5, 0.6) is 0 Å². The van der Waals surface area contributed by atoms with Gasteiger partial charge in [-0.2, -0.15) is 4.89 Å². The van der Waals surface area contributed by atoms with Crippen molar-refractivity contribution in [2.45, 2.75) is 52.2 Å². The highest BCUT2D eigenvalue weighted by molar-refractivity contribution is 5.81. The molecule has 0 fully saturated rings. The summed E-state index contributed by atoms with van der Waals surface area (Å²) >= 11 is 0. The lowest BCUT2D eigenvalue weighted by molar-refractivity contribution is -0.256. The molecule has 0 bridgehead atoms. The first-order valence-corrected chi connectivity index (χ1v) is 7.57. The summed E-state index contributed by atoms with van der Waals surface area (Å²) in [5.74, 6) is -0.682. The van der Waals surface area contributed by atoms with Crippen molar-refractivity contribution in [3.05, 3.63) is 35.4 Å². The largest absolute Gasteiger partial charge is 0.444 e. The zero-order valence-electron chi connectivity index (χ0n) is 14.3. The number of benzene rings is 1. The highest BCUT2D eigenvalue weighted by Crippen LogP contribution is 2.11. The molecule has 1 atom stereocenters. The monoisotopic (exact) mass is 323 g/mol. The van der Waals surface area contributed by atoms with Crippen LogP contribution in [0.3, 0.4) is 0 Å². The van der Waals surface area contributed by atoms with Crippen LogP contribution in [-0.4, -0.2) is 30.8 Å². The van der Waals surface area contributed by atoms with Crippen LogP contribution >= 0.6 is 0 Å². The van der Waals surface area contributed by atoms with Crippen LogP contribution < -0.4 is 5.32 Å². The number of amides is 1. The first kappa shape index (κ1) is 19.0. The molecule has 0 saturated carbocycles. The number of nitrogens with one attached hydrogen (secondary N) is 1. The van der Waals surface area contributed by atoms with Gasteiger partial charge in [-0.05, 0) is 38.3 Å². The molecule has 0 unspecified atom stereocenters. The van der Waals surface area contributed by atoms with E-state index in [0.29, 0.717) is 0 Å². The van der Waals surface area contributed by atoms with Crippen molar-refractivity contribution < 1.29 is 24.1 Å². The Morgan fingerprint density at radius 2 is 1.70 bits per heavy atom. The standard InChI is InChI=1S/C17H25NO5/c1-6-12-7-9-13(10-8-12)11-14(15(19)23-21-5)18-16(20)22-17(2,3)4/h7-10,14H,6,11H2,1-5H3,(H,18,20)/t14-/m0/s1. The SMILES string of the molecule is CCc1ccc(C[C@H](NC(=O)OC(C)(C)C)C(=O)OOC)cc1. The Morgan fingerprint density at radius 1 is 1.13 bits per heavy atom. The third-order valence-corrected chi connectivity index (χ3v) is 3.01. The van der Waals surface area contributed by atoms with E-state index in [4.69, 9.17) is 4.74 Å². The lowest BCUT2D eigenvalue weighted by Crippen LogP contribution is -2.45. The number of rotatable bonds is 6. The molecular formula is C17H25NO5. The molecule has 1 N–H and O–H groups in total. The van der Waals surface area contributed by atoms with E-state index < -0.39 is 23.7 Å². The lowest BCUT2D eigenvalue weighted by Gasteiger charge is -2.22. The van der Waals surface area contributed by atoms with Gasteiger partial charge in [0.25, 0.3) is 0 Å². The molecule has 1 amide bonds. The number of alkyl carbamates (subject to hydrolysis) is 1. The molecule has 0 aliphatic heterocycles. The third kappa shape index (κ3) is 7.15. The van der Waals surface area contributed by atoms with Crippen molar-refractivity contribution in [1.29, 1.82) is 0 Å². The van der Waals surface area contributed by atoms with Crippen molar-refractivity contribution in [3.63, 3.8) is 0 Å². The van der Waals surface area contributed by atoms with Gasteiger partial charge in [-0.15, -0.1) is 0 Å². The molecule has 1 aromatic carbocycles. The second kappa shape index (κ2) is 8.53. The lowest BCUT2D eigenvalue weighted by atomic mass is 10.0. The Bertz CT molecular complexity index is 519. The maximum Gasteiger partial charge on any atom is 0.408 e. The molecule has 0 saturated heterocycles. The smallest absolute Gasteiger partial charge is 0.408 e. The van der Waals surface area contributed by atoms with Gasteiger partial charge in [-0.3, -0.25) is 4.89 Å². The number of hydrogen-bond acceptors (Lipinski definition) is 5. The maximum atomic E-state index is 12.0. The molecular weight excluding hydrogens is 298 g/mol. The molecule has 23 heavy (non-hydrogen) atoms. The fraction of sp³-hybridized carbons (Fsp3) is 0.529. The Morgan fingerprint density at radius 3 is 2.17 bits per heavy atom. The minimum atomic E-state index is -0.891. The molecule has 0 spiro atoms. The molecule has 128 valence electrons. The van der Waals surface area contributed by atoms with Crippen LogP contribution in [0, 0.1) is 0 Å². The van der Waals surface area contributed by atoms with E-state index in [-0.39, 0.29) is 6.42 Å². The van der Waals surface area contributed by atoms with Crippen molar-refractivity contribution in [2.75, 3.05) is 7.11 Å². The second-order valence-corrected chi connectivity index (χ2v) is 6.14. The summed E-state index contributed by atoms with van der Waals surface area (Å²) in [6.45, 7) is 7.31. The average molecular weight is 323 g/mol. The Hall–Kier alpha value is -2.08. The van der Waals surface area contributed by atoms with Gasteiger partial charge < -0.3 is 10.1 Å². The van der Waals surface area contributed by atoms with E-state index in [1.807, 2.05) is 24.3 Å². The van der Waals surface area contributed by atoms with Crippen molar-refractivity contribution in [1.82, 2.24) is 5.32 Å². The highest BCUT2D eigenvalue weighted by Gasteiger charge is 2.26. The third-order valence-electron chi connectivity index (χ3n) is 3.01. The molecule has 0 aliphatic carbocycles. The molecule has 0 aromatic heterocycles. The number of aryl methyl sites for hydroxylation is 1. The summed E-state index contributed by atoms with van der Waals surface area (Å²) < 4.78 is 5.17. The van der Waals surface area contributed by atoms with Crippen LogP contribution in [0.15, 0.2) is 24.3 Å². The second-order valence-electron chi connectivity index (χ2n) is 6.14. The Labute approximate surface area is 137 Å². The number of hydrogen-bond donors (Lipinski definition) is 1. The molecule has 0 radical (unpaired) electrons. The minimum Gasteiger partial charge on any atom is -0.444 e. The van der Waals surface area contributed by atoms with Crippen molar-refractivity contribution in [3.8, 4) is 0 Å². The molecule has 6 nitrogen and oxygen atoms in total. The van der Waals surface area contributed by atoms with Gasteiger partial charge in [0.1, 0.15) is 11.6 Å². The van der Waals surface area contributed by atoms with Crippen LogP contribution in [0.1, 0.15) is 38.8 Å². The summed E-state index contributed by atoms with van der Waals surface area (Å²) in [4.78, 5) is 32.8. The fourth-order valence-corrected chi connectivity index (χ4v) is 1.93. The summed E-state index contributed by atoms with van der Waals surface area (Å²) in [7, 11) is 1.23. The van der Waals surface area contributed by atoms with E-state index in [0.717, 1.165) is 12.0 Å². The van der Waals surface area contributed by atoms with Gasteiger partial charge in [0.05, 0.1) is 7.11 Å². The van der Waals surface area contributed by atoms with Crippen molar-refractivity contribution >= 4 is 12.1 Å². The van der Waals surface area contributed by atoms with E-state index in [2.05, 4.69) is 22.0 Å². The van der Waals surface area contributed by atoms with Crippen LogP contribution in [-0.2, 0) is 32.1 Å². The first-order valence-electron chi connectivity index (χ1n) is 7.57. The van der Waals surface area contributed by atoms with Gasteiger partial charge in [-0.25, -0.2) is 9.59 Å². The number of carbonyl (C=O) groups is 2. The number of ether oxygens (including phenoxy) is 1. The van der Waals surface area contributed by atoms with Crippen molar-refractivity contribution in [2.24, 2.45) is 0 Å². The van der Waals surface area contributed by atoms with E-state index >= 15 is 0 Å². The van der Waals surface area contributed by atoms with Crippen LogP contribution in [0.25, 0.3) is 0 Å². The number of carbonyl (C=O) groups excluding carboxylic acids is 2. The molecule has 0 heterocycles. The van der Waals surface area contributed by atoms with E-state index in [1.165, 1.54) is 12.7 Å².